The van der Waals surface area contributed by atoms with E-state index >= 15 is 0 Å². The number of aromatic nitrogens is 1. The van der Waals surface area contributed by atoms with Gasteiger partial charge in [0.25, 0.3) is 0 Å². The topological polar surface area (TPSA) is 28.2 Å². The van der Waals surface area contributed by atoms with Crippen LogP contribution in [0.15, 0.2) is 18.3 Å². The third kappa shape index (κ3) is 1.39. The van der Waals surface area contributed by atoms with Gasteiger partial charge in [-0.15, -0.1) is 0 Å². The van der Waals surface area contributed by atoms with Gasteiger partial charge in [0, 0.05) is 18.8 Å². The summed E-state index contributed by atoms with van der Waals surface area (Å²) in [5, 5.41) is 3.49. The van der Waals surface area contributed by atoms with E-state index in [9.17, 15) is 0 Å². The third-order valence-electron chi connectivity index (χ3n) is 3.32. The molecule has 80 valence electrons. The van der Waals surface area contributed by atoms with Gasteiger partial charge in [-0.2, -0.15) is 0 Å². The molecule has 3 unspecified atom stereocenters. The molecule has 1 aromatic heterocycles. The molecule has 1 N–H and O–H groups in total. The Bertz CT molecular complexity index is 382. The highest BCUT2D eigenvalue weighted by Crippen LogP contribution is 2.35. The lowest BCUT2D eigenvalue weighted by Gasteiger charge is -2.40. The summed E-state index contributed by atoms with van der Waals surface area (Å²) in [7, 11) is 0. The Hall–Kier alpha value is -0.610. The summed E-state index contributed by atoms with van der Waals surface area (Å²) >= 11 is 3.70. The van der Waals surface area contributed by atoms with E-state index in [2.05, 4.69) is 44.1 Å². The van der Waals surface area contributed by atoms with Gasteiger partial charge in [0.15, 0.2) is 0 Å². The molecule has 0 amide bonds. The fourth-order valence-corrected chi connectivity index (χ4v) is 3.23. The minimum absolute atomic E-state index is 0.378. The van der Waals surface area contributed by atoms with Crippen LogP contribution in [0.5, 0.6) is 0 Å². The van der Waals surface area contributed by atoms with E-state index in [0.29, 0.717) is 17.0 Å². The molecule has 3 nitrogen and oxygen atoms in total. The predicted molar refractivity (Wildman–Crippen MR) is 64.4 cm³/mol. The Kier molecular flexibility index (Phi) is 2.21. The number of anilines is 1. The molecule has 1 aromatic rings. The smallest absolute Gasteiger partial charge is 0.132 e. The molecule has 1 saturated heterocycles. The summed E-state index contributed by atoms with van der Waals surface area (Å²) in [5.41, 5.74) is 1.38. The summed E-state index contributed by atoms with van der Waals surface area (Å²) in [6.07, 6.45) is 2.98. The zero-order valence-electron chi connectivity index (χ0n) is 8.65. The van der Waals surface area contributed by atoms with Crippen LogP contribution in [0.25, 0.3) is 0 Å². The predicted octanol–water partition coefficient (Wildman–Crippen LogP) is 1.53. The van der Waals surface area contributed by atoms with Crippen molar-refractivity contribution in [2.75, 3.05) is 11.4 Å². The zero-order chi connectivity index (χ0) is 10.4. The van der Waals surface area contributed by atoms with E-state index in [1.54, 1.807) is 0 Å². The van der Waals surface area contributed by atoms with Crippen LogP contribution >= 0.6 is 15.9 Å². The quantitative estimate of drug-likeness (QED) is 0.571. The Morgan fingerprint density at radius 1 is 1.60 bits per heavy atom. The molecule has 0 aromatic carbocycles. The maximum Gasteiger partial charge on any atom is 0.132 e. The molecular formula is C11H14BrN3. The number of piperazine rings is 1. The largest absolute Gasteiger partial charge is 0.347 e. The molecule has 3 atom stereocenters. The average Bonchev–Trinajstić information content (AvgIpc) is 2.64. The van der Waals surface area contributed by atoms with Gasteiger partial charge >= 0.3 is 0 Å². The molecule has 3 heterocycles. The lowest BCUT2D eigenvalue weighted by atomic mass is 10.1. The van der Waals surface area contributed by atoms with Crippen LogP contribution in [-0.2, 0) is 6.42 Å². The van der Waals surface area contributed by atoms with E-state index in [0.717, 1.165) is 13.0 Å². The van der Waals surface area contributed by atoms with Crippen LogP contribution in [0.1, 0.15) is 12.5 Å². The van der Waals surface area contributed by atoms with Crippen LogP contribution in [0.3, 0.4) is 0 Å². The van der Waals surface area contributed by atoms with Crippen molar-refractivity contribution in [1.82, 2.24) is 10.3 Å². The number of alkyl halides is 1. The summed E-state index contributed by atoms with van der Waals surface area (Å²) in [5.74, 6) is 1.18. The van der Waals surface area contributed by atoms with Crippen molar-refractivity contribution >= 4 is 21.7 Å². The second kappa shape index (κ2) is 3.46. The number of hydrogen-bond donors (Lipinski definition) is 1. The number of nitrogens with one attached hydrogen (secondary N) is 1. The van der Waals surface area contributed by atoms with Crippen molar-refractivity contribution in [1.29, 1.82) is 0 Å². The van der Waals surface area contributed by atoms with Gasteiger partial charge in [0.1, 0.15) is 5.82 Å². The van der Waals surface area contributed by atoms with Crippen LogP contribution in [0.4, 0.5) is 5.82 Å². The summed E-state index contributed by atoms with van der Waals surface area (Å²) in [4.78, 5) is 7.33. The fourth-order valence-electron chi connectivity index (χ4n) is 2.60. The van der Waals surface area contributed by atoms with Gasteiger partial charge in [0.05, 0.1) is 11.0 Å². The van der Waals surface area contributed by atoms with Crippen molar-refractivity contribution in [3.8, 4) is 0 Å². The molecule has 0 aliphatic carbocycles. The average molecular weight is 268 g/mol. The highest BCUT2D eigenvalue weighted by atomic mass is 79.9. The van der Waals surface area contributed by atoms with Crippen molar-refractivity contribution < 1.29 is 0 Å². The fraction of sp³-hybridized carbons (Fsp3) is 0.545. The number of hydrogen-bond acceptors (Lipinski definition) is 3. The van der Waals surface area contributed by atoms with Crippen molar-refractivity contribution in [2.45, 2.75) is 30.4 Å². The van der Waals surface area contributed by atoms with Gasteiger partial charge in [-0.05, 0) is 25.0 Å². The molecule has 3 rings (SSSR count). The van der Waals surface area contributed by atoms with Gasteiger partial charge < -0.3 is 10.2 Å². The third-order valence-corrected chi connectivity index (χ3v) is 4.25. The molecule has 0 radical (unpaired) electrons. The van der Waals surface area contributed by atoms with Crippen LogP contribution < -0.4 is 10.2 Å². The molecular weight excluding hydrogens is 254 g/mol. The summed E-state index contributed by atoms with van der Waals surface area (Å²) in [6, 6.07) is 5.25. The van der Waals surface area contributed by atoms with Crippen LogP contribution in [-0.4, -0.2) is 28.6 Å². The van der Waals surface area contributed by atoms with E-state index in [-0.39, 0.29) is 0 Å². The second-order valence-electron chi connectivity index (χ2n) is 4.32. The summed E-state index contributed by atoms with van der Waals surface area (Å²) < 4.78 is 0. The highest BCUT2D eigenvalue weighted by molar-refractivity contribution is 9.09. The van der Waals surface area contributed by atoms with E-state index < -0.39 is 0 Å². The van der Waals surface area contributed by atoms with E-state index in [4.69, 9.17) is 0 Å². The number of halogens is 1. The van der Waals surface area contributed by atoms with Crippen molar-refractivity contribution in [3.05, 3.63) is 23.9 Å². The lowest BCUT2D eigenvalue weighted by Crippen LogP contribution is -2.58. The standard InChI is InChI=1S/C11H14BrN3/c1-7-6-14-10(12)9-5-8-3-2-4-13-11(8)15(7)9/h2-4,7,9-10,14H,5-6H2,1H3. The first-order valence-electron chi connectivity index (χ1n) is 5.37. The van der Waals surface area contributed by atoms with E-state index in [1.165, 1.54) is 11.4 Å². The van der Waals surface area contributed by atoms with Gasteiger partial charge in [-0.25, -0.2) is 4.98 Å². The van der Waals surface area contributed by atoms with Gasteiger partial charge in [0.2, 0.25) is 0 Å². The Labute approximate surface area is 98.0 Å². The van der Waals surface area contributed by atoms with Crippen LogP contribution in [0, 0.1) is 0 Å². The van der Waals surface area contributed by atoms with Gasteiger partial charge in [-0.1, -0.05) is 22.0 Å². The minimum atomic E-state index is 0.378. The van der Waals surface area contributed by atoms with E-state index in [1.807, 2.05) is 12.3 Å². The minimum Gasteiger partial charge on any atom is -0.347 e. The molecule has 0 spiro atoms. The Morgan fingerprint density at radius 3 is 3.33 bits per heavy atom. The van der Waals surface area contributed by atoms with Crippen molar-refractivity contribution in [3.63, 3.8) is 0 Å². The lowest BCUT2D eigenvalue weighted by molar-refractivity contribution is 0.409. The monoisotopic (exact) mass is 267 g/mol. The molecule has 0 saturated carbocycles. The number of rotatable bonds is 0. The molecule has 2 aliphatic rings. The first-order chi connectivity index (χ1) is 7.27. The number of fused-ring (bicyclic) bond motifs is 3. The van der Waals surface area contributed by atoms with Crippen LogP contribution in [0.2, 0.25) is 0 Å². The first kappa shape index (κ1) is 9.60. The maximum absolute atomic E-state index is 4.51. The molecule has 0 bridgehead atoms. The number of pyridine rings is 1. The molecule has 2 aliphatic heterocycles. The highest BCUT2D eigenvalue weighted by Gasteiger charge is 2.40. The molecule has 15 heavy (non-hydrogen) atoms. The second-order valence-corrected chi connectivity index (χ2v) is 5.31. The van der Waals surface area contributed by atoms with Gasteiger partial charge in [-0.3, -0.25) is 0 Å². The summed E-state index contributed by atoms with van der Waals surface area (Å²) in [6.45, 7) is 3.27. The SMILES string of the molecule is CC1CNC(Br)C2Cc3cccnc3N12. The number of nitrogens with zero attached hydrogens (tertiary/aromatic N) is 2. The normalized spacial score (nSPS) is 33.7. The zero-order valence-corrected chi connectivity index (χ0v) is 10.2. The Balaban J connectivity index is 2.03. The van der Waals surface area contributed by atoms with Crippen molar-refractivity contribution in [2.24, 2.45) is 0 Å². The Morgan fingerprint density at radius 2 is 2.47 bits per heavy atom. The maximum atomic E-state index is 4.51. The molecule has 4 heteroatoms. The first-order valence-corrected chi connectivity index (χ1v) is 6.28. The molecule has 1 fully saturated rings.